The normalized spacial score (nSPS) is 9.91. The number of esters is 2. The van der Waals surface area contributed by atoms with Gasteiger partial charge in [-0.2, -0.15) is 0 Å². The van der Waals surface area contributed by atoms with Crippen molar-refractivity contribution in [2.24, 2.45) is 0 Å². The van der Waals surface area contributed by atoms with Crippen LogP contribution in [0.4, 0.5) is 0 Å². The lowest BCUT2D eigenvalue weighted by molar-refractivity contribution is -0.141. The number of hydrogen-bond acceptors (Lipinski definition) is 7. The zero-order chi connectivity index (χ0) is 16.5. The monoisotopic (exact) mass is 310 g/mol. The van der Waals surface area contributed by atoms with Gasteiger partial charge in [0.2, 0.25) is 5.91 Å². The zero-order valence-corrected chi connectivity index (χ0v) is 12.5. The van der Waals surface area contributed by atoms with Crippen molar-refractivity contribution in [3.8, 4) is 0 Å². The van der Waals surface area contributed by atoms with E-state index < -0.39 is 11.9 Å². The fraction of sp³-hybridized carbons (Fsp3) is 0.462. The third-order valence-electron chi connectivity index (χ3n) is 2.59. The van der Waals surface area contributed by atoms with Crippen LogP contribution in [0.2, 0.25) is 0 Å². The van der Waals surface area contributed by atoms with Gasteiger partial charge < -0.3 is 14.8 Å². The molecule has 0 aliphatic heterocycles. The summed E-state index contributed by atoms with van der Waals surface area (Å²) in [6.07, 6.45) is 1.69. The molecule has 120 valence electrons. The number of carbonyl (C=O) groups is 3. The van der Waals surface area contributed by atoms with Crippen molar-refractivity contribution < 1.29 is 23.9 Å². The van der Waals surface area contributed by atoms with Gasteiger partial charge in [-0.3, -0.25) is 9.59 Å². The van der Waals surface area contributed by atoms with Crippen molar-refractivity contribution in [2.75, 3.05) is 20.3 Å². The van der Waals surface area contributed by atoms with E-state index in [1.54, 1.807) is 0 Å². The highest BCUT2D eigenvalue weighted by atomic mass is 16.5. The smallest absolute Gasteiger partial charge is 0.360 e. The minimum Gasteiger partial charge on any atom is -0.466 e. The Hall–Kier alpha value is -2.71. The van der Waals surface area contributed by atoms with Crippen molar-refractivity contribution >= 4 is 17.8 Å². The Morgan fingerprint density at radius 3 is 2.77 bits per heavy atom. The quantitative estimate of drug-likeness (QED) is 0.517. The van der Waals surface area contributed by atoms with E-state index in [0.717, 1.165) is 0 Å². The van der Waals surface area contributed by atoms with E-state index in [9.17, 15) is 14.4 Å². The molecule has 1 rings (SSSR count). The first kappa shape index (κ1) is 17.3. The van der Waals surface area contributed by atoms with E-state index in [2.05, 4.69) is 26.9 Å². The van der Waals surface area contributed by atoms with E-state index in [1.165, 1.54) is 24.9 Å². The highest BCUT2D eigenvalue weighted by Gasteiger charge is 2.11. The van der Waals surface area contributed by atoms with Gasteiger partial charge in [0.1, 0.15) is 0 Å². The first-order valence-corrected chi connectivity index (χ1v) is 6.51. The molecule has 0 saturated carbocycles. The van der Waals surface area contributed by atoms with Crippen LogP contribution in [0.1, 0.15) is 23.8 Å². The molecule has 1 heterocycles. The summed E-state index contributed by atoms with van der Waals surface area (Å²) in [7, 11) is 1.25. The van der Waals surface area contributed by atoms with Crippen LogP contribution in [-0.4, -0.2) is 53.1 Å². The largest absolute Gasteiger partial charge is 0.466 e. The number of nitrogens with zero attached hydrogens (tertiary/aromatic N) is 3. The van der Waals surface area contributed by atoms with Crippen LogP contribution in [-0.2, 0) is 25.6 Å². The SMILES string of the molecule is C=C(CCOC(C)=O)C(=O)NCCn1cc(C(=O)OC)nn1. The molecule has 0 aromatic carbocycles. The molecule has 1 N–H and O–H groups in total. The molecule has 0 fully saturated rings. The number of rotatable bonds is 8. The Balaban J connectivity index is 2.29. The average Bonchev–Trinajstić information content (AvgIpc) is 2.94. The van der Waals surface area contributed by atoms with Gasteiger partial charge in [-0.05, 0) is 0 Å². The van der Waals surface area contributed by atoms with Crippen LogP contribution < -0.4 is 5.32 Å². The molecule has 1 aromatic rings. The van der Waals surface area contributed by atoms with Crippen molar-refractivity contribution in [3.63, 3.8) is 0 Å². The molecule has 0 bridgehead atoms. The van der Waals surface area contributed by atoms with E-state index in [1.807, 2.05) is 0 Å². The molecular formula is C13H18N4O5. The zero-order valence-electron chi connectivity index (χ0n) is 12.5. The first-order valence-electron chi connectivity index (χ1n) is 6.51. The van der Waals surface area contributed by atoms with Crippen LogP contribution in [0, 0.1) is 0 Å². The van der Waals surface area contributed by atoms with Gasteiger partial charge in [-0.25, -0.2) is 9.48 Å². The second kappa shape index (κ2) is 8.55. The second-order valence-electron chi connectivity index (χ2n) is 4.31. The summed E-state index contributed by atoms with van der Waals surface area (Å²) in [5.41, 5.74) is 0.412. The fourth-order valence-electron chi connectivity index (χ4n) is 1.45. The van der Waals surface area contributed by atoms with Crippen LogP contribution in [0.25, 0.3) is 0 Å². The molecule has 0 aliphatic carbocycles. The minimum atomic E-state index is -0.575. The summed E-state index contributed by atoms with van der Waals surface area (Å²) < 4.78 is 10.6. The molecule has 0 spiro atoms. The standard InChI is InChI=1S/C13H18N4O5/c1-9(4-7-22-10(2)18)12(19)14-5-6-17-8-11(15-16-17)13(20)21-3/h8H,1,4-7H2,2-3H3,(H,14,19). The Morgan fingerprint density at radius 1 is 1.41 bits per heavy atom. The summed E-state index contributed by atoms with van der Waals surface area (Å²) in [6, 6.07) is 0. The van der Waals surface area contributed by atoms with Crippen LogP contribution >= 0.6 is 0 Å². The molecule has 22 heavy (non-hydrogen) atoms. The maximum Gasteiger partial charge on any atom is 0.360 e. The second-order valence-corrected chi connectivity index (χ2v) is 4.31. The average molecular weight is 310 g/mol. The van der Waals surface area contributed by atoms with E-state index in [4.69, 9.17) is 4.74 Å². The van der Waals surface area contributed by atoms with Crippen LogP contribution in [0.5, 0.6) is 0 Å². The van der Waals surface area contributed by atoms with Gasteiger partial charge in [0.05, 0.1) is 26.5 Å². The Kier molecular flexibility index (Phi) is 6.74. The lowest BCUT2D eigenvalue weighted by Crippen LogP contribution is -2.28. The summed E-state index contributed by atoms with van der Waals surface area (Å²) in [4.78, 5) is 33.5. The van der Waals surface area contributed by atoms with Crippen molar-refractivity contribution in [2.45, 2.75) is 19.9 Å². The number of ether oxygens (including phenoxy) is 2. The number of methoxy groups -OCH3 is 1. The van der Waals surface area contributed by atoms with E-state index in [0.29, 0.717) is 12.1 Å². The fourth-order valence-corrected chi connectivity index (χ4v) is 1.45. The molecule has 0 unspecified atom stereocenters. The maximum atomic E-state index is 11.7. The number of nitrogens with one attached hydrogen (secondary N) is 1. The van der Waals surface area contributed by atoms with Gasteiger partial charge in [-0.1, -0.05) is 11.8 Å². The maximum absolute atomic E-state index is 11.7. The first-order chi connectivity index (χ1) is 10.4. The molecule has 0 saturated heterocycles. The minimum absolute atomic E-state index is 0.0969. The summed E-state index contributed by atoms with van der Waals surface area (Å²) in [6.45, 7) is 5.66. The predicted octanol–water partition coefficient (Wildman–Crippen LogP) is -0.310. The predicted molar refractivity (Wildman–Crippen MR) is 74.8 cm³/mol. The highest BCUT2D eigenvalue weighted by molar-refractivity contribution is 5.92. The number of hydrogen-bond donors (Lipinski definition) is 1. The van der Waals surface area contributed by atoms with Gasteiger partial charge in [0.25, 0.3) is 0 Å². The van der Waals surface area contributed by atoms with E-state index in [-0.39, 0.29) is 31.2 Å². The topological polar surface area (TPSA) is 112 Å². The Labute approximate surface area is 127 Å². The Bertz CT molecular complexity index is 567. The lowest BCUT2D eigenvalue weighted by Gasteiger charge is -2.07. The Morgan fingerprint density at radius 2 is 2.14 bits per heavy atom. The van der Waals surface area contributed by atoms with Gasteiger partial charge in [-0.15, -0.1) is 5.10 Å². The van der Waals surface area contributed by atoms with Gasteiger partial charge in [0, 0.05) is 25.5 Å². The molecule has 1 amide bonds. The van der Waals surface area contributed by atoms with Gasteiger partial charge >= 0.3 is 11.9 Å². The molecule has 0 radical (unpaired) electrons. The number of amides is 1. The van der Waals surface area contributed by atoms with Crippen molar-refractivity contribution in [1.82, 2.24) is 20.3 Å². The molecule has 0 aliphatic rings. The molecule has 9 heteroatoms. The van der Waals surface area contributed by atoms with Crippen molar-refractivity contribution in [1.29, 1.82) is 0 Å². The third kappa shape index (κ3) is 5.73. The molecular weight excluding hydrogens is 292 g/mol. The van der Waals surface area contributed by atoms with Gasteiger partial charge in [0.15, 0.2) is 5.69 Å². The lowest BCUT2D eigenvalue weighted by atomic mass is 10.2. The summed E-state index contributed by atoms with van der Waals surface area (Å²) >= 11 is 0. The highest BCUT2D eigenvalue weighted by Crippen LogP contribution is 1.99. The third-order valence-corrected chi connectivity index (χ3v) is 2.59. The van der Waals surface area contributed by atoms with E-state index >= 15 is 0 Å². The number of aromatic nitrogens is 3. The molecule has 1 aromatic heterocycles. The number of carbonyl (C=O) groups excluding carboxylic acids is 3. The van der Waals surface area contributed by atoms with Crippen LogP contribution in [0.3, 0.4) is 0 Å². The summed E-state index contributed by atoms with van der Waals surface area (Å²) in [5, 5.41) is 10.0. The molecule has 9 nitrogen and oxygen atoms in total. The summed E-state index contributed by atoms with van der Waals surface area (Å²) in [5.74, 6) is -1.31. The van der Waals surface area contributed by atoms with Crippen molar-refractivity contribution in [3.05, 3.63) is 24.0 Å². The van der Waals surface area contributed by atoms with Crippen LogP contribution in [0.15, 0.2) is 18.3 Å². The molecule has 0 atom stereocenters.